The van der Waals surface area contributed by atoms with Gasteiger partial charge in [0.1, 0.15) is 16.6 Å². The first-order valence-electron chi connectivity index (χ1n) is 5.57. The van der Waals surface area contributed by atoms with Crippen molar-refractivity contribution in [1.82, 2.24) is 15.0 Å². The van der Waals surface area contributed by atoms with E-state index < -0.39 is 0 Å². The first-order valence-corrected chi connectivity index (χ1v) is 8.02. The molecule has 6 heteroatoms. The predicted octanol–water partition coefficient (Wildman–Crippen LogP) is 4.44. The Bertz CT molecular complexity index is 695. The molecular formula is C12H9N3S3. The maximum absolute atomic E-state index is 4.67. The SMILES string of the molecule is Cc1nc2c(s1)c1nc(C)sc1c1nc(C)sc21. The number of hydrogen-bond donors (Lipinski definition) is 0. The fourth-order valence-corrected chi connectivity index (χ4v) is 5.18. The van der Waals surface area contributed by atoms with E-state index in [-0.39, 0.29) is 0 Å². The number of nitrogens with zero attached hydrogens (tertiary/aromatic N) is 3. The van der Waals surface area contributed by atoms with E-state index in [0.29, 0.717) is 0 Å². The Labute approximate surface area is 115 Å². The van der Waals surface area contributed by atoms with Crippen molar-refractivity contribution in [2.24, 2.45) is 0 Å². The van der Waals surface area contributed by atoms with Crippen LogP contribution in [-0.2, 0) is 0 Å². The largest absolute Gasteiger partial charge is 0.240 e. The lowest BCUT2D eigenvalue weighted by molar-refractivity contribution is 1.34. The summed E-state index contributed by atoms with van der Waals surface area (Å²) in [7, 11) is 0. The third kappa shape index (κ3) is 1.31. The molecule has 0 radical (unpaired) electrons. The molecule has 4 rings (SSSR count). The van der Waals surface area contributed by atoms with E-state index in [9.17, 15) is 0 Å². The van der Waals surface area contributed by atoms with E-state index in [4.69, 9.17) is 0 Å². The fraction of sp³-hybridized carbons (Fsp3) is 0.250. The van der Waals surface area contributed by atoms with Crippen LogP contribution in [0, 0.1) is 20.8 Å². The molecule has 0 spiro atoms. The summed E-state index contributed by atoms with van der Waals surface area (Å²) in [5, 5.41) is 3.28. The Hall–Kier alpha value is -1.11. The van der Waals surface area contributed by atoms with Gasteiger partial charge in [-0.1, -0.05) is 0 Å². The number of fused-ring (bicyclic) bond motifs is 6. The summed E-state index contributed by atoms with van der Waals surface area (Å²) in [4.78, 5) is 14.0. The highest BCUT2D eigenvalue weighted by molar-refractivity contribution is 7.26. The van der Waals surface area contributed by atoms with Gasteiger partial charge >= 0.3 is 0 Å². The van der Waals surface area contributed by atoms with Crippen LogP contribution in [-0.4, -0.2) is 15.0 Å². The van der Waals surface area contributed by atoms with E-state index in [0.717, 1.165) is 31.6 Å². The molecule has 0 saturated carbocycles. The van der Waals surface area contributed by atoms with Crippen molar-refractivity contribution < 1.29 is 0 Å². The monoisotopic (exact) mass is 291 g/mol. The molecule has 1 aromatic carbocycles. The molecule has 3 aromatic heterocycles. The van der Waals surface area contributed by atoms with Crippen LogP contribution in [0.3, 0.4) is 0 Å². The van der Waals surface area contributed by atoms with Gasteiger partial charge in [-0.2, -0.15) is 0 Å². The molecule has 18 heavy (non-hydrogen) atoms. The summed E-state index contributed by atoms with van der Waals surface area (Å²) in [5.74, 6) is 0. The van der Waals surface area contributed by atoms with E-state index in [1.807, 2.05) is 0 Å². The minimum Gasteiger partial charge on any atom is -0.240 e. The Morgan fingerprint density at radius 2 is 0.833 bits per heavy atom. The lowest BCUT2D eigenvalue weighted by Crippen LogP contribution is -1.75. The van der Waals surface area contributed by atoms with Crippen molar-refractivity contribution in [3.05, 3.63) is 15.0 Å². The Morgan fingerprint density at radius 3 is 1.11 bits per heavy atom. The summed E-state index contributed by atoms with van der Waals surface area (Å²) in [6.45, 7) is 6.15. The maximum Gasteiger partial charge on any atom is 0.103 e. The van der Waals surface area contributed by atoms with Crippen LogP contribution < -0.4 is 0 Å². The number of thiazole rings is 3. The molecule has 0 amide bonds. The zero-order chi connectivity index (χ0) is 12.4. The molecule has 3 nitrogen and oxygen atoms in total. The summed E-state index contributed by atoms with van der Waals surface area (Å²) in [6.07, 6.45) is 0. The normalized spacial score (nSPS) is 12.2. The Morgan fingerprint density at radius 1 is 0.556 bits per heavy atom. The number of aryl methyl sites for hydroxylation is 3. The van der Waals surface area contributed by atoms with E-state index in [1.165, 1.54) is 14.1 Å². The number of benzene rings is 1. The summed E-state index contributed by atoms with van der Waals surface area (Å²) >= 11 is 5.19. The van der Waals surface area contributed by atoms with E-state index in [2.05, 4.69) is 35.7 Å². The van der Waals surface area contributed by atoms with Crippen LogP contribution in [0.4, 0.5) is 0 Å². The Balaban J connectivity index is 2.43. The second-order valence-electron chi connectivity index (χ2n) is 4.23. The zero-order valence-corrected chi connectivity index (χ0v) is 12.5. The first-order chi connectivity index (χ1) is 8.63. The summed E-state index contributed by atoms with van der Waals surface area (Å²) in [5.41, 5.74) is 3.24. The molecule has 0 fully saturated rings. The molecule has 0 atom stereocenters. The first kappa shape index (κ1) is 10.8. The van der Waals surface area contributed by atoms with Gasteiger partial charge < -0.3 is 0 Å². The Kier molecular flexibility index (Phi) is 2.07. The van der Waals surface area contributed by atoms with Crippen molar-refractivity contribution >= 4 is 64.7 Å². The average Bonchev–Trinajstić information content (AvgIpc) is 2.93. The summed E-state index contributed by atoms with van der Waals surface area (Å²) in [6, 6.07) is 0. The molecule has 0 saturated heterocycles. The molecule has 4 aromatic rings. The molecule has 0 N–H and O–H groups in total. The van der Waals surface area contributed by atoms with Gasteiger partial charge in [-0.3, -0.25) is 0 Å². The van der Waals surface area contributed by atoms with Crippen molar-refractivity contribution in [2.45, 2.75) is 20.8 Å². The van der Waals surface area contributed by atoms with Crippen LogP contribution in [0.2, 0.25) is 0 Å². The highest BCUT2D eigenvalue weighted by Crippen LogP contribution is 2.41. The van der Waals surface area contributed by atoms with E-state index in [1.54, 1.807) is 34.0 Å². The van der Waals surface area contributed by atoms with Gasteiger partial charge in [0, 0.05) is 0 Å². The maximum atomic E-state index is 4.67. The molecule has 0 aliphatic heterocycles. The second-order valence-corrected chi connectivity index (χ2v) is 7.84. The lowest BCUT2D eigenvalue weighted by Gasteiger charge is -1.92. The summed E-state index contributed by atoms with van der Waals surface area (Å²) < 4.78 is 3.63. The topological polar surface area (TPSA) is 38.7 Å². The van der Waals surface area contributed by atoms with Crippen LogP contribution in [0.1, 0.15) is 15.0 Å². The molecule has 90 valence electrons. The quantitative estimate of drug-likeness (QED) is 0.481. The third-order valence-corrected chi connectivity index (χ3v) is 5.78. The molecule has 0 aliphatic carbocycles. The number of hydrogen-bond acceptors (Lipinski definition) is 6. The number of rotatable bonds is 0. The van der Waals surface area contributed by atoms with Gasteiger partial charge in [0.2, 0.25) is 0 Å². The zero-order valence-electron chi connectivity index (χ0n) is 10.1. The minimum atomic E-state index is 1.08. The number of aromatic nitrogens is 3. The third-order valence-electron chi connectivity index (χ3n) is 2.85. The van der Waals surface area contributed by atoms with Crippen molar-refractivity contribution in [3.63, 3.8) is 0 Å². The lowest BCUT2D eigenvalue weighted by atomic mass is 10.3. The van der Waals surface area contributed by atoms with Crippen LogP contribution in [0.15, 0.2) is 0 Å². The van der Waals surface area contributed by atoms with Gasteiger partial charge in [0.05, 0.1) is 29.1 Å². The van der Waals surface area contributed by atoms with Crippen molar-refractivity contribution in [1.29, 1.82) is 0 Å². The molecule has 0 aliphatic rings. The minimum absolute atomic E-state index is 1.08. The molecule has 3 heterocycles. The van der Waals surface area contributed by atoms with Gasteiger partial charge in [0.15, 0.2) is 0 Å². The van der Waals surface area contributed by atoms with Crippen molar-refractivity contribution in [3.8, 4) is 0 Å². The fourth-order valence-electron chi connectivity index (χ4n) is 2.22. The van der Waals surface area contributed by atoms with Crippen LogP contribution in [0.5, 0.6) is 0 Å². The average molecular weight is 291 g/mol. The van der Waals surface area contributed by atoms with Crippen LogP contribution >= 0.6 is 34.0 Å². The van der Waals surface area contributed by atoms with Gasteiger partial charge in [0.25, 0.3) is 0 Å². The van der Waals surface area contributed by atoms with E-state index >= 15 is 0 Å². The standard InChI is InChI=1S/C12H9N3S3/c1-4-13-7-10(16-4)8-12(18-5(2)14-8)9-11(7)17-6(3)15-9/h1-3H3. The van der Waals surface area contributed by atoms with Gasteiger partial charge in [-0.15, -0.1) is 34.0 Å². The molecular weight excluding hydrogens is 282 g/mol. The predicted molar refractivity (Wildman–Crippen MR) is 80.2 cm³/mol. The van der Waals surface area contributed by atoms with Gasteiger partial charge in [-0.05, 0) is 20.8 Å². The van der Waals surface area contributed by atoms with Gasteiger partial charge in [-0.25, -0.2) is 15.0 Å². The highest BCUT2D eigenvalue weighted by atomic mass is 32.1. The van der Waals surface area contributed by atoms with Crippen molar-refractivity contribution in [2.75, 3.05) is 0 Å². The smallest absolute Gasteiger partial charge is 0.103 e. The molecule has 0 unspecified atom stereocenters. The van der Waals surface area contributed by atoms with Crippen LogP contribution in [0.25, 0.3) is 30.6 Å². The molecule has 0 bridgehead atoms. The second kappa shape index (κ2) is 3.46. The highest BCUT2D eigenvalue weighted by Gasteiger charge is 2.18.